The SMILES string of the molecule is C1CCSCC2(CC2)OC1. The molecule has 0 aromatic heterocycles. The third-order valence-electron chi connectivity index (χ3n) is 2.26. The highest BCUT2D eigenvalue weighted by Gasteiger charge is 2.43. The smallest absolute Gasteiger partial charge is 0.0774 e. The van der Waals surface area contributed by atoms with Crippen molar-refractivity contribution in [1.82, 2.24) is 0 Å². The Hall–Kier alpha value is 0.310. The minimum absolute atomic E-state index is 0.366. The van der Waals surface area contributed by atoms with Crippen molar-refractivity contribution in [1.29, 1.82) is 0 Å². The zero-order chi connectivity index (χ0) is 6.86. The van der Waals surface area contributed by atoms with Gasteiger partial charge in [-0.2, -0.15) is 11.8 Å². The van der Waals surface area contributed by atoms with Gasteiger partial charge in [0, 0.05) is 12.4 Å². The maximum Gasteiger partial charge on any atom is 0.0774 e. The van der Waals surface area contributed by atoms with E-state index < -0.39 is 0 Å². The van der Waals surface area contributed by atoms with Gasteiger partial charge in [0.1, 0.15) is 0 Å². The summed E-state index contributed by atoms with van der Waals surface area (Å²) in [6.07, 6.45) is 5.26. The van der Waals surface area contributed by atoms with E-state index >= 15 is 0 Å². The highest BCUT2D eigenvalue weighted by atomic mass is 32.2. The van der Waals surface area contributed by atoms with Crippen molar-refractivity contribution in [2.24, 2.45) is 0 Å². The van der Waals surface area contributed by atoms with Crippen molar-refractivity contribution in [3.05, 3.63) is 0 Å². The number of hydrogen-bond acceptors (Lipinski definition) is 2. The molecule has 0 atom stereocenters. The largest absolute Gasteiger partial charge is 0.374 e. The van der Waals surface area contributed by atoms with Crippen molar-refractivity contribution in [3.63, 3.8) is 0 Å². The fourth-order valence-electron chi connectivity index (χ4n) is 1.32. The maximum absolute atomic E-state index is 5.76. The van der Waals surface area contributed by atoms with Gasteiger partial charge in [-0.3, -0.25) is 0 Å². The van der Waals surface area contributed by atoms with Crippen molar-refractivity contribution >= 4 is 11.8 Å². The van der Waals surface area contributed by atoms with Crippen molar-refractivity contribution in [2.45, 2.75) is 31.3 Å². The van der Waals surface area contributed by atoms with Crippen LogP contribution in [0.2, 0.25) is 0 Å². The third-order valence-corrected chi connectivity index (χ3v) is 3.57. The van der Waals surface area contributed by atoms with Gasteiger partial charge in [-0.1, -0.05) is 0 Å². The first-order valence-corrected chi connectivity index (χ1v) is 5.29. The van der Waals surface area contributed by atoms with Crippen LogP contribution in [-0.2, 0) is 4.74 Å². The molecule has 0 N–H and O–H groups in total. The molecule has 2 fully saturated rings. The van der Waals surface area contributed by atoms with Crippen molar-refractivity contribution in [2.75, 3.05) is 18.1 Å². The summed E-state index contributed by atoms with van der Waals surface area (Å²) in [4.78, 5) is 0. The van der Waals surface area contributed by atoms with Gasteiger partial charge in [-0.15, -0.1) is 0 Å². The summed E-state index contributed by atoms with van der Waals surface area (Å²) in [5, 5.41) is 0. The minimum atomic E-state index is 0.366. The first-order chi connectivity index (χ1) is 4.91. The lowest BCUT2D eigenvalue weighted by molar-refractivity contribution is 0.0466. The van der Waals surface area contributed by atoms with Crippen LogP contribution in [0, 0.1) is 0 Å². The monoisotopic (exact) mass is 158 g/mol. The van der Waals surface area contributed by atoms with Crippen LogP contribution in [-0.4, -0.2) is 23.7 Å². The molecule has 1 saturated heterocycles. The Bertz CT molecular complexity index is 110. The molecule has 10 heavy (non-hydrogen) atoms. The highest BCUT2D eigenvalue weighted by molar-refractivity contribution is 7.99. The molecule has 1 aliphatic heterocycles. The van der Waals surface area contributed by atoms with Gasteiger partial charge < -0.3 is 4.74 Å². The van der Waals surface area contributed by atoms with Crippen LogP contribution in [0.4, 0.5) is 0 Å². The Kier molecular flexibility index (Phi) is 1.92. The van der Waals surface area contributed by atoms with E-state index in [0.717, 1.165) is 6.61 Å². The Morgan fingerprint density at radius 2 is 2.10 bits per heavy atom. The van der Waals surface area contributed by atoms with Gasteiger partial charge in [0.2, 0.25) is 0 Å². The van der Waals surface area contributed by atoms with E-state index in [4.69, 9.17) is 4.74 Å². The Morgan fingerprint density at radius 1 is 1.20 bits per heavy atom. The van der Waals surface area contributed by atoms with Gasteiger partial charge >= 0.3 is 0 Å². The lowest BCUT2D eigenvalue weighted by Crippen LogP contribution is -2.20. The van der Waals surface area contributed by atoms with Gasteiger partial charge in [0.25, 0.3) is 0 Å². The Morgan fingerprint density at radius 3 is 2.90 bits per heavy atom. The summed E-state index contributed by atoms with van der Waals surface area (Å²) < 4.78 is 5.76. The molecule has 58 valence electrons. The van der Waals surface area contributed by atoms with Crippen LogP contribution in [0.5, 0.6) is 0 Å². The first kappa shape index (κ1) is 6.99. The van der Waals surface area contributed by atoms with E-state index in [9.17, 15) is 0 Å². The number of ether oxygens (including phenoxy) is 1. The second-order valence-electron chi connectivity index (χ2n) is 3.29. The third kappa shape index (κ3) is 1.48. The summed E-state index contributed by atoms with van der Waals surface area (Å²) in [5.74, 6) is 2.61. The minimum Gasteiger partial charge on any atom is -0.374 e. The standard InChI is InChI=1S/C8H14OS/c1-2-6-10-7-8(3-4-8)9-5-1/h1-7H2. The molecule has 0 radical (unpaired) electrons. The van der Waals surface area contributed by atoms with Crippen LogP contribution >= 0.6 is 11.8 Å². The molecule has 2 rings (SSSR count). The number of thioether (sulfide) groups is 1. The second-order valence-corrected chi connectivity index (χ2v) is 4.40. The number of rotatable bonds is 0. The lowest BCUT2D eigenvalue weighted by atomic mass is 10.3. The summed E-state index contributed by atoms with van der Waals surface area (Å²) in [6, 6.07) is 0. The molecule has 1 saturated carbocycles. The summed E-state index contributed by atoms with van der Waals surface area (Å²) in [6.45, 7) is 1.01. The molecule has 1 spiro atoms. The van der Waals surface area contributed by atoms with E-state index in [1.807, 2.05) is 0 Å². The first-order valence-electron chi connectivity index (χ1n) is 4.13. The van der Waals surface area contributed by atoms with Crippen LogP contribution < -0.4 is 0 Å². The molecule has 0 amide bonds. The lowest BCUT2D eigenvalue weighted by Gasteiger charge is -2.18. The topological polar surface area (TPSA) is 9.23 Å². The molecule has 0 aromatic rings. The predicted molar refractivity (Wildman–Crippen MR) is 44.5 cm³/mol. The van der Waals surface area contributed by atoms with Gasteiger partial charge in [0.15, 0.2) is 0 Å². The quantitative estimate of drug-likeness (QED) is 0.533. The summed E-state index contributed by atoms with van der Waals surface area (Å²) in [7, 11) is 0. The highest BCUT2D eigenvalue weighted by Crippen LogP contribution is 2.43. The average Bonchev–Trinajstić information content (AvgIpc) is 2.61. The van der Waals surface area contributed by atoms with E-state index in [-0.39, 0.29) is 0 Å². The second kappa shape index (κ2) is 2.74. The molecule has 2 aliphatic rings. The summed E-state index contributed by atoms with van der Waals surface area (Å²) in [5.41, 5.74) is 0.366. The zero-order valence-corrected chi connectivity index (χ0v) is 7.08. The van der Waals surface area contributed by atoms with Gasteiger partial charge in [-0.05, 0) is 31.4 Å². The molecule has 1 aliphatic carbocycles. The average molecular weight is 158 g/mol. The van der Waals surface area contributed by atoms with Crippen LogP contribution in [0.3, 0.4) is 0 Å². The molecule has 0 bridgehead atoms. The van der Waals surface area contributed by atoms with Crippen molar-refractivity contribution in [3.8, 4) is 0 Å². The Labute approximate surface area is 66.5 Å². The molecule has 1 nitrogen and oxygen atoms in total. The van der Waals surface area contributed by atoms with Gasteiger partial charge in [0.05, 0.1) is 5.60 Å². The van der Waals surface area contributed by atoms with E-state index in [0.29, 0.717) is 5.60 Å². The van der Waals surface area contributed by atoms with Crippen LogP contribution in [0.1, 0.15) is 25.7 Å². The predicted octanol–water partition coefficient (Wildman–Crippen LogP) is 2.06. The van der Waals surface area contributed by atoms with Gasteiger partial charge in [-0.25, -0.2) is 0 Å². The molecule has 0 aromatic carbocycles. The van der Waals surface area contributed by atoms with E-state index in [1.165, 1.54) is 37.2 Å². The van der Waals surface area contributed by atoms with E-state index in [1.54, 1.807) is 0 Å². The van der Waals surface area contributed by atoms with Crippen LogP contribution in [0.25, 0.3) is 0 Å². The number of hydrogen-bond donors (Lipinski definition) is 0. The molecule has 2 heteroatoms. The maximum atomic E-state index is 5.76. The molecule has 0 unspecified atom stereocenters. The van der Waals surface area contributed by atoms with E-state index in [2.05, 4.69) is 11.8 Å². The van der Waals surface area contributed by atoms with Crippen molar-refractivity contribution < 1.29 is 4.74 Å². The normalized spacial score (nSPS) is 31.2. The zero-order valence-electron chi connectivity index (χ0n) is 6.27. The Balaban J connectivity index is 1.84. The molecule has 1 heterocycles. The summed E-state index contributed by atoms with van der Waals surface area (Å²) >= 11 is 2.07. The molecular formula is C8H14OS. The fraction of sp³-hybridized carbons (Fsp3) is 1.00. The molecular weight excluding hydrogens is 144 g/mol. The van der Waals surface area contributed by atoms with Crippen LogP contribution in [0.15, 0.2) is 0 Å². The fourth-order valence-corrected chi connectivity index (χ4v) is 2.62.